The van der Waals surface area contributed by atoms with Gasteiger partial charge in [0, 0.05) is 31.6 Å². The number of nitrogens with one attached hydrogen (secondary N) is 1. The zero-order valence-corrected chi connectivity index (χ0v) is 14.8. The second kappa shape index (κ2) is 7.14. The Morgan fingerprint density at radius 1 is 1.32 bits per heavy atom. The van der Waals surface area contributed by atoms with Gasteiger partial charge in [-0.1, -0.05) is 12.1 Å². The van der Waals surface area contributed by atoms with Crippen LogP contribution in [0.5, 0.6) is 0 Å². The largest absolute Gasteiger partial charge is 0.379 e. The van der Waals surface area contributed by atoms with E-state index in [4.69, 9.17) is 9.72 Å². The summed E-state index contributed by atoms with van der Waals surface area (Å²) in [5, 5.41) is 3.10. The van der Waals surface area contributed by atoms with E-state index in [2.05, 4.69) is 27.8 Å². The van der Waals surface area contributed by atoms with Gasteiger partial charge in [0.1, 0.15) is 12.4 Å². The fourth-order valence-electron chi connectivity index (χ4n) is 3.52. The summed E-state index contributed by atoms with van der Waals surface area (Å²) < 4.78 is 7.49. The van der Waals surface area contributed by atoms with Gasteiger partial charge in [0.2, 0.25) is 5.91 Å². The van der Waals surface area contributed by atoms with Crippen molar-refractivity contribution in [3.05, 3.63) is 30.1 Å². The van der Waals surface area contributed by atoms with Crippen LogP contribution in [0.2, 0.25) is 0 Å². The number of amides is 1. The number of rotatable bonds is 6. The number of benzene rings is 1. The third kappa shape index (κ3) is 3.70. The lowest BCUT2D eigenvalue weighted by atomic mass is 10.2. The Morgan fingerprint density at radius 2 is 2.08 bits per heavy atom. The first kappa shape index (κ1) is 16.5. The van der Waals surface area contributed by atoms with Crippen molar-refractivity contribution in [1.29, 1.82) is 0 Å². The summed E-state index contributed by atoms with van der Waals surface area (Å²) >= 11 is 0. The Balaban J connectivity index is 1.40. The number of imidazole rings is 1. The van der Waals surface area contributed by atoms with Crippen LogP contribution in [0.4, 0.5) is 0 Å². The van der Waals surface area contributed by atoms with E-state index in [-0.39, 0.29) is 5.91 Å². The molecule has 0 bridgehead atoms. The van der Waals surface area contributed by atoms with Crippen molar-refractivity contribution in [2.75, 3.05) is 32.8 Å². The van der Waals surface area contributed by atoms with Crippen molar-refractivity contribution in [3.63, 3.8) is 0 Å². The van der Waals surface area contributed by atoms with Gasteiger partial charge in [-0.2, -0.15) is 0 Å². The van der Waals surface area contributed by atoms with Crippen LogP contribution in [-0.4, -0.2) is 59.2 Å². The van der Waals surface area contributed by atoms with E-state index in [9.17, 15) is 4.79 Å². The Morgan fingerprint density at radius 3 is 2.84 bits per heavy atom. The maximum Gasteiger partial charge on any atom is 0.240 e. The molecule has 4 rings (SSSR count). The highest BCUT2D eigenvalue weighted by atomic mass is 16.5. The van der Waals surface area contributed by atoms with Crippen LogP contribution in [0.25, 0.3) is 11.0 Å². The molecule has 6 nitrogen and oxygen atoms in total. The predicted molar refractivity (Wildman–Crippen MR) is 96.6 cm³/mol. The average molecular weight is 342 g/mol. The lowest BCUT2D eigenvalue weighted by molar-refractivity contribution is -0.121. The van der Waals surface area contributed by atoms with Gasteiger partial charge in [0.05, 0.1) is 24.2 Å². The molecule has 0 spiro atoms. The van der Waals surface area contributed by atoms with Crippen LogP contribution < -0.4 is 5.32 Å². The average Bonchev–Trinajstić information content (AvgIpc) is 3.43. The van der Waals surface area contributed by atoms with Crippen molar-refractivity contribution >= 4 is 16.9 Å². The minimum Gasteiger partial charge on any atom is -0.379 e. The van der Waals surface area contributed by atoms with Gasteiger partial charge in [-0.3, -0.25) is 9.69 Å². The van der Waals surface area contributed by atoms with Crippen LogP contribution in [0.3, 0.4) is 0 Å². The van der Waals surface area contributed by atoms with Crippen molar-refractivity contribution in [3.8, 4) is 0 Å². The number of para-hydroxylation sites is 2. The number of hydrogen-bond donors (Lipinski definition) is 1. The van der Waals surface area contributed by atoms with Gasteiger partial charge in [0.25, 0.3) is 0 Å². The topological polar surface area (TPSA) is 59.4 Å². The van der Waals surface area contributed by atoms with Crippen LogP contribution in [0.1, 0.15) is 31.5 Å². The standard InChI is InChI=1S/C19H26N4O2/c1-14(22-8-10-25-11-9-22)12-20-18(24)13-23-17-5-3-2-4-16(17)21-19(23)15-6-7-15/h2-5,14-15H,6-13H2,1H3,(H,20,24)/t14-/m0/s1. The van der Waals surface area contributed by atoms with Crippen molar-refractivity contribution in [2.24, 2.45) is 0 Å². The molecule has 1 saturated carbocycles. The minimum absolute atomic E-state index is 0.0603. The van der Waals surface area contributed by atoms with E-state index in [1.807, 2.05) is 18.2 Å². The molecule has 1 aromatic heterocycles. The number of ether oxygens (including phenoxy) is 1. The van der Waals surface area contributed by atoms with Gasteiger partial charge < -0.3 is 14.6 Å². The molecule has 2 aliphatic rings. The van der Waals surface area contributed by atoms with E-state index in [0.717, 1.165) is 43.2 Å². The number of morpholine rings is 1. The zero-order chi connectivity index (χ0) is 17.2. The Hall–Kier alpha value is -1.92. The summed E-state index contributed by atoms with van der Waals surface area (Å²) in [6.07, 6.45) is 2.36. The van der Waals surface area contributed by atoms with Gasteiger partial charge >= 0.3 is 0 Å². The van der Waals surface area contributed by atoms with Crippen LogP contribution in [0.15, 0.2) is 24.3 Å². The van der Waals surface area contributed by atoms with Crippen LogP contribution in [0, 0.1) is 0 Å². The third-order valence-electron chi connectivity index (χ3n) is 5.19. The van der Waals surface area contributed by atoms with Gasteiger partial charge in [0.15, 0.2) is 0 Å². The highest BCUT2D eigenvalue weighted by molar-refractivity contribution is 5.81. The zero-order valence-electron chi connectivity index (χ0n) is 14.8. The Kier molecular flexibility index (Phi) is 4.72. The number of nitrogens with zero attached hydrogens (tertiary/aromatic N) is 3. The van der Waals surface area contributed by atoms with Crippen molar-refractivity contribution in [1.82, 2.24) is 19.8 Å². The fraction of sp³-hybridized carbons (Fsp3) is 0.579. The lowest BCUT2D eigenvalue weighted by Gasteiger charge is -2.32. The SMILES string of the molecule is C[C@@H](CNC(=O)Cn1c(C2CC2)nc2ccccc21)N1CCOCC1. The minimum atomic E-state index is 0.0603. The molecule has 1 aliphatic heterocycles. The third-order valence-corrected chi connectivity index (χ3v) is 5.19. The predicted octanol–water partition coefficient (Wildman–Crippen LogP) is 1.75. The molecule has 2 fully saturated rings. The molecule has 6 heteroatoms. The summed E-state index contributed by atoms with van der Waals surface area (Å²) in [4.78, 5) is 19.7. The molecule has 1 atom stereocenters. The maximum absolute atomic E-state index is 12.5. The molecule has 0 radical (unpaired) electrons. The smallest absolute Gasteiger partial charge is 0.240 e. The fourth-order valence-corrected chi connectivity index (χ4v) is 3.52. The molecule has 1 saturated heterocycles. The summed E-state index contributed by atoms with van der Waals surface area (Å²) in [6, 6.07) is 8.42. The molecule has 1 aromatic carbocycles. The lowest BCUT2D eigenvalue weighted by Crippen LogP contribution is -2.47. The summed E-state index contributed by atoms with van der Waals surface area (Å²) in [5.41, 5.74) is 2.04. The molecule has 2 heterocycles. The second-order valence-electron chi connectivity index (χ2n) is 7.12. The highest BCUT2D eigenvalue weighted by Crippen LogP contribution is 2.40. The summed E-state index contributed by atoms with van der Waals surface area (Å²) in [5.74, 6) is 1.65. The van der Waals surface area contributed by atoms with E-state index < -0.39 is 0 Å². The molecule has 1 N–H and O–H groups in total. The van der Waals surface area contributed by atoms with E-state index in [0.29, 0.717) is 25.0 Å². The normalized spacial score (nSPS) is 19.9. The van der Waals surface area contributed by atoms with Gasteiger partial charge in [-0.25, -0.2) is 4.98 Å². The van der Waals surface area contributed by atoms with Crippen LogP contribution >= 0.6 is 0 Å². The van der Waals surface area contributed by atoms with Gasteiger partial charge in [-0.15, -0.1) is 0 Å². The van der Waals surface area contributed by atoms with E-state index in [1.54, 1.807) is 0 Å². The Bertz CT molecular complexity index is 747. The maximum atomic E-state index is 12.5. The molecule has 25 heavy (non-hydrogen) atoms. The second-order valence-corrected chi connectivity index (χ2v) is 7.12. The van der Waals surface area contributed by atoms with Crippen molar-refractivity contribution < 1.29 is 9.53 Å². The molecular weight excluding hydrogens is 316 g/mol. The first-order chi connectivity index (χ1) is 12.2. The van der Waals surface area contributed by atoms with Crippen LogP contribution in [-0.2, 0) is 16.1 Å². The molecule has 1 aliphatic carbocycles. The number of carbonyl (C=O) groups excluding carboxylic acids is 1. The molecule has 134 valence electrons. The number of fused-ring (bicyclic) bond motifs is 1. The van der Waals surface area contributed by atoms with E-state index >= 15 is 0 Å². The summed E-state index contributed by atoms with van der Waals surface area (Å²) in [6.45, 7) is 6.62. The van der Waals surface area contributed by atoms with Crippen molar-refractivity contribution in [2.45, 2.75) is 38.3 Å². The Labute approximate surface area is 148 Å². The number of carbonyl (C=O) groups is 1. The first-order valence-electron chi connectivity index (χ1n) is 9.26. The number of aromatic nitrogens is 2. The highest BCUT2D eigenvalue weighted by Gasteiger charge is 2.30. The quantitative estimate of drug-likeness (QED) is 0.869. The molecule has 2 aromatic rings. The molecule has 0 unspecified atom stereocenters. The number of hydrogen-bond acceptors (Lipinski definition) is 4. The first-order valence-corrected chi connectivity index (χ1v) is 9.26. The molecular formula is C19H26N4O2. The molecule has 1 amide bonds. The van der Waals surface area contributed by atoms with E-state index in [1.165, 1.54) is 12.8 Å². The summed E-state index contributed by atoms with van der Waals surface area (Å²) in [7, 11) is 0. The van der Waals surface area contributed by atoms with Gasteiger partial charge in [-0.05, 0) is 31.9 Å². The monoisotopic (exact) mass is 342 g/mol.